The quantitative estimate of drug-likeness (QED) is 0.335. The van der Waals surface area contributed by atoms with Crippen molar-refractivity contribution in [1.29, 1.82) is 0 Å². The minimum absolute atomic E-state index is 0.000845. The van der Waals surface area contributed by atoms with Crippen LogP contribution in [0.2, 0.25) is 0 Å². The van der Waals surface area contributed by atoms with Gasteiger partial charge in [0, 0.05) is 29.9 Å². The maximum Gasteiger partial charge on any atom is 0.277 e. The zero-order chi connectivity index (χ0) is 29.9. The number of nitrogens with zero attached hydrogens (tertiary/aromatic N) is 4. The fourth-order valence-electron chi connectivity index (χ4n) is 4.03. The van der Waals surface area contributed by atoms with Crippen LogP contribution in [0.4, 0.5) is 8.78 Å². The molecule has 0 saturated heterocycles. The number of aliphatic hydroxyl groups excluding tert-OH is 1. The summed E-state index contributed by atoms with van der Waals surface area (Å²) in [4.78, 5) is 21.3. The summed E-state index contributed by atoms with van der Waals surface area (Å²) in [6, 6.07) is 2.94. The van der Waals surface area contributed by atoms with E-state index in [1.807, 2.05) is 20.8 Å². The van der Waals surface area contributed by atoms with Crippen LogP contribution in [0.3, 0.4) is 0 Å². The molecule has 3 aromatic heterocycles. The third kappa shape index (κ3) is 6.64. The van der Waals surface area contributed by atoms with Gasteiger partial charge in [0.25, 0.3) is 11.8 Å². The molecule has 10 nitrogen and oxygen atoms in total. The maximum atomic E-state index is 15.2. The molecule has 218 valence electrons. The highest BCUT2D eigenvalue weighted by molar-refractivity contribution is 7.91. The SMILES string of the molecule is CCCC(F)(F)c1c(CO)cncc1Oc1c(C)c(C(=O)NCc2ccc(S(=O)(=O)CC)cn2)nn1C(C)(C)C. The molecule has 40 heavy (non-hydrogen) atoms. The third-order valence-electron chi connectivity index (χ3n) is 6.18. The van der Waals surface area contributed by atoms with Crippen LogP contribution in [-0.2, 0) is 34.5 Å². The second-order valence-electron chi connectivity index (χ2n) is 10.3. The van der Waals surface area contributed by atoms with Gasteiger partial charge in [0.1, 0.15) is 0 Å². The van der Waals surface area contributed by atoms with Gasteiger partial charge in [0.15, 0.2) is 21.3 Å². The monoisotopic (exact) mass is 579 g/mol. The van der Waals surface area contributed by atoms with Gasteiger partial charge in [-0.2, -0.15) is 5.10 Å². The van der Waals surface area contributed by atoms with Gasteiger partial charge in [0.05, 0.1) is 46.8 Å². The number of ether oxygens (including phenoxy) is 1. The highest BCUT2D eigenvalue weighted by atomic mass is 32.2. The number of nitrogens with one attached hydrogen (secondary N) is 1. The van der Waals surface area contributed by atoms with Gasteiger partial charge in [-0.05, 0) is 39.8 Å². The molecule has 2 N–H and O–H groups in total. The van der Waals surface area contributed by atoms with Crippen LogP contribution >= 0.6 is 0 Å². The molecule has 0 aromatic carbocycles. The molecule has 0 spiro atoms. The van der Waals surface area contributed by atoms with E-state index >= 15 is 8.78 Å². The Bertz CT molecular complexity index is 1470. The Morgan fingerprint density at radius 2 is 1.85 bits per heavy atom. The number of aliphatic hydroxyl groups is 1. The Morgan fingerprint density at radius 3 is 2.40 bits per heavy atom. The largest absolute Gasteiger partial charge is 0.437 e. The smallest absolute Gasteiger partial charge is 0.277 e. The van der Waals surface area contributed by atoms with Crippen molar-refractivity contribution in [3.63, 3.8) is 0 Å². The van der Waals surface area contributed by atoms with Gasteiger partial charge in [-0.3, -0.25) is 14.8 Å². The van der Waals surface area contributed by atoms with Crippen LogP contribution in [-0.4, -0.2) is 44.9 Å². The van der Waals surface area contributed by atoms with Crippen molar-refractivity contribution < 1.29 is 31.8 Å². The van der Waals surface area contributed by atoms with Crippen molar-refractivity contribution in [3.05, 3.63) is 58.8 Å². The first kappa shape index (κ1) is 31.1. The third-order valence-corrected chi connectivity index (χ3v) is 7.90. The molecule has 0 aliphatic rings. The first-order valence-corrected chi connectivity index (χ1v) is 14.5. The molecule has 1 amide bonds. The molecule has 0 saturated carbocycles. The molecule has 3 aromatic rings. The summed E-state index contributed by atoms with van der Waals surface area (Å²) in [6.07, 6.45) is 3.33. The van der Waals surface area contributed by atoms with Crippen molar-refractivity contribution in [2.75, 3.05) is 5.75 Å². The number of halogens is 2. The van der Waals surface area contributed by atoms with E-state index in [4.69, 9.17) is 4.74 Å². The van der Waals surface area contributed by atoms with Crippen LogP contribution in [0.1, 0.15) is 80.3 Å². The van der Waals surface area contributed by atoms with Gasteiger partial charge in [0.2, 0.25) is 5.88 Å². The second-order valence-corrected chi connectivity index (χ2v) is 12.6. The van der Waals surface area contributed by atoms with Gasteiger partial charge >= 0.3 is 0 Å². The van der Waals surface area contributed by atoms with E-state index in [2.05, 4.69) is 20.4 Å². The number of hydrogen-bond donors (Lipinski definition) is 2. The second kappa shape index (κ2) is 12.0. The Labute approximate surface area is 232 Å². The van der Waals surface area contributed by atoms with Crippen LogP contribution in [0.15, 0.2) is 35.6 Å². The van der Waals surface area contributed by atoms with Crippen molar-refractivity contribution in [1.82, 2.24) is 25.1 Å². The normalized spacial score (nSPS) is 12.4. The number of sulfone groups is 1. The van der Waals surface area contributed by atoms with E-state index in [0.29, 0.717) is 11.3 Å². The lowest BCUT2D eigenvalue weighted by molar-refractivity contribution is -0.0178. The Balaban J connectivity index is 1.95. The summed E-state index contributed by atoms with van der Waals surface area (Å²) in [5, 5.41) is 16.9. The van der Waals surface area contributed by atoms with Gasteiger partial charge in [-0.25, -0.2) is 21.9 Å². The Kier molecular flexibility index (Phi) is 9.30. The first-order valence-electron chi connectivity index (χ1n) is 12.9. The number of alkyl halides is 2. The number of hydrogen-bond acceptors (Lipinski definition) is 8. The van der Waals surface area contributed by atoms with E-state index in [1.54, 1.807) is 13.8 Å². The Hall–Kier alpha value is -3.45. The number of carbonyl (C=O) groups excluding carboxylic acids is 1. The molecule has 3 heterocycles. The average molecular weight is 580 g/mol. The molecular weight excluding hydrogens is 544 g/mol. The molecular formula is C27H35F2N5O5S. The maximum absolute atomic E-state index is 15.2. The Morgan fingerprint density at radius 1 is 1.15 bits per heavy atom. The summed E-state index contributed by atoms with van der Waals surface area (Å²) >= 11 is 0. The summed E-state index contributed by atoms with van der Waals surface area (Å²) < 4.78 is 61.8. The summed E-state index contributed by atoms with van der Waals surface area (Å²) in [5.74, 6) is -4.06. The molecule has 0 atom stereocenters. The molecule has 0 aliphatic carbocycles. The van der Waals surface area contributed by atoms with Crippen molar-refractivity contribution in [2.24, 2.45) is 0 Å². The number of rotatable bonds is 11. The molecule has 0 bridgehead atoms. The van der Waals surface area contributed by atoms with Gasteiger partial charge < -0.3 is 15.2 Å². The van der Waals surface area contributed by atoms with Crippen LogP contribution in [0.25, 0.3) is 0 Å². The summed E-state index contributed by atoms with van der Waals surface area (Å²) in [5.41, 5.74) is -0.457. The van der Waals surface area contributed by atoms with E-state index in [9.17, 15) is 18.3 Å². The van der Waals surface area contributed by atoms with Crippen molar-refractivity contribution in [2.45, 2.75) is 83.9 Å². The molecule has 0 fully saturated rings. The van der Waals surface area contributed by atoms with Crippen molar-refractivity contribution in [3.8, 4) is 11.6 Å². The number of pyridine rings is 2. The van der Waals surface area contributed by atoms with Crippen LogP contribution < -0.4 is 10.1 Å². The number of carbonyl (C=O) groups is 1. The molecule has 13 heteroatoms. The predicted octanol–water partition coefficient (Wildman–Crippen LogP) is 4.64. The first-order chi connectivity index (χ1) is 18.7. The molecule has 3 rings (SSSR count). The summed E-state index contributed by atoms with van der Waals surface area (Å²) in [6.45, 7) is 9.57. The average Bonchev–Trinajstić information content (AvgIpc) is 3.23. The number of aromatic nitrogens is 4. The van der Waals surface area contributed by atoms with E-state index in [-0.39, 0.29) is 46.5 Å². The van der Waals surface area contributed by atoms with Gasteiger partial charge in [-0.15, -0.1) is 0 Å². The molecule has 0 radical (unpaired) electrons. The lowest BCUT2D eigenvalue weighted by Gasteiger charge is -2.25. The fourth-order valence-corrected chi connectivity index (χ4v) is 4.85. The van der Waals surface area contributed by atoms with Crippen LogP contribution in [0, 0.1) is 6.92 Å². The predicted molar refractivity (Wildman–Crippen MR) is 144 cm³/mol. The van der Waals surface area contributed by atoms with E-state index in [0.717, 1.165) is 6.20 Å². The minimum Gasteiger partial charge on any atom is -0.437 e. The topological polar surface area (TPSA) is 136 Å². The zero-order valence-electron chi connectivity index (χ0n) is 23.5. The minimum atomic E-state index is -3.40. The van der Waals surface area contributed by atoms with Crippen LogP contribution in [0.5, 0.6) is 11.6 Å². The molecule has 0 unspecified atom stereocenters. The van der Waals surface area contributed by atoms with E-state index < -0.39 is 45.8 Å². The highest BCUT2D eigenvalue weighted by Gasteiger charge is 2.38. The lowest BCUT2D eigenvalue weighted by Crippen LogP contribution is -2.27. The van der Waals surface area contributed by atoms with Crippen molar-refractivity contribution >= 4 is 15.7 Å². The fraction of sp³-hybridized carbons (Fsp3) is 0.481. The van der Waals surface area contributed by atoms with E-state index in [1.165, 1.54) is 36.1 Å². The lowest BCUT2D eigenvalue weighted by atomic mass is 9.99. The summed E-state index contributed by atoms with van der Waals surface area (Å²) in [7, 11) is -3.40. The molecule has 0 aliphatic heterocycles. The zero-order valence-corrected chi connectivity index (χ0v) is 24.3. The van der Waals surface area contributed by atoms with Gasteiger partial charge in [-0.1, -0.05) is 20.3 Å². The highest BCUT2D eigenvalue weighted by Crippen LogP contribution is 2.43. The standard InChI is InChI=1S/C27H35F2N5O5S/c1-7-11-27(28,29)22-18(16-35)12-30-15-21(22)39-25-17(3)23(33-34(25)26(4,5)6)24(36)32-13-19-9-10-20(14-31-19)40(37,38)8-2/h9-10,12,14-15,35H,7-8,11,13,16H2,1-6H3,(H,32,36). The number of amides is 1.